The molecule has 0 fully saturated rings. The lowest BCUT2D eigenvalue weighted by atomic mass is 10.1. The summed E-state index contributed by atoms with van der Waals surface area (Å²) in [6.07, 6.45) is 0.950. The predicted molar refractivity (Wildman–Crippen MR) is 125 cm³/mol. The van der Waals surface area contributed by atoms with E-state index in [-0.39, 0.29) is 23.7 Å². The molecule has 0 heterocycles. The molecule has 3 rings (SSSR count). The highest BCUT2D eigenvalue weighted by Crippen LogP contribution is 2.16. The summed E-state index contributed by atoms with van der Waals surface area (Å²) in [6, 6.07) is 21.6. The minimum atomic E-state index is -0.868. The van der Waals surface area contributed by atoms with Crippen LogP contribution in [0.5, 0.6) is 0 Å². The van der Waals surface area contributed by atoms with Crippen molar-refractivity contribution in [2.45, 2.75) is 26.4 Å². The fraction of sp³-hybridized carbons (Fsp3) is 0.160. The van der Waals surface area contributed by atoms with Gasteiger partial charge in [-0.05, 0) is 41.3 Å². The van der Waals surface area contributed by atoms with E-state index in [2.05, 4.69) is 22.9 Å². The molecular weight excluding hydrogens is 426 g/mol. The van der Waals surface area contributed by atoms with Crippen LogP contribution in [0.25, 0.3) is 0 Å². The standard InChI is InChI=1S/C25H24ClN3O3/c1-2-17-11-13-18(14-12-17)15-27-23(30)20-8-4-6-10-22(20)29-25(32)24(31)28-16-19-7-3-5-9-21(19)26/h3-14H,2,15-16H2,1H3,(H,27,30)(H,28,31)(H,29,32). The van der Waals surface area contributed by atoms with Crippen molar-refractivity contribution < 1.29 is 14.4 Å². The van der Waals surface area contributed by atoms with Gasteiger partial charge in [0.15, 0.2) is 0 Å². The van der Waals surface area contributed by atoms with Gasteiger partial charge in [-0.25, -0.2) is 0 Å². The molecule has 0 aliphatic rings. The molecule has 0 radical (unpaired) electrons. The lowest BCUT2D eigenvalue weighted by Gasteiger charge is -2.12. The number of carbonyl (C=O) groups is 3. The molecule has 0 atom stereocenters. The third-order valence-electron chi connectivity index (χ3n) is 4.91. The maximum atomic E-state index is 12.7. The number of rotatable bonds is 7. The first-order chi connectivity index (χ1) is 15.5. The van der Waals surface area contributed by atoms with E-state index in [0.717, 1.165) is 12.0 Å². The van der Waals surface area contributed by atoms with E-state index in [1.54, 1.807) is 48.5 Å². The molecule has 0 spiro atoms. The van der Waals surface area contributed by atoms with Crippen LogP contribution in [0.1, 0.15) is 34.0 Å². The quantitative estimate of drug-likeness (QED) is 0.475. The van der Waals surface area contributed by atoms with Gasteiger partial charge in [-0.1, -0.05) is 73.1 Å². The summed E-state index contributed by atoms with van der Waals surface area (Å²) >= 11 is 6.07. The highest BCUT2D eigenvalue weighted by Gasteiger charge is 2.18. The molecule has 0 bridgehead atoms. The normalized spacial score (nSPS) is 10.3. The van der Waals surface area contributed by atoms with Crippen molar-refractivity contribution in [1.82, 2.24) is 10.6 Å². The number of anilines is 1. The number of hydrogen-bond donors (Lipinski definition) is 3. The first-order valence-electron chi connectivity index (χ1n) is 10.3. The number of amides is 3. The van der Waals surface area contributed by atoms with Crippen LogP contribution in [-0.2, 0) is 29.1 Å². The van der Waals surface area contributed by atoms with Crippen LogP contribution in [0.15, 0.2) is 72.8 Å². The molecule has 7 heteroatoms. The first-order valence-corrected chi connectivity index (χ1v) is 10.6. The van der Waals surface area contributed by atoms with Crippen molar-refractivity contribution in [2.24, 2.45) is 0 Å². The van der Waals surface area contributed by atoms with E-state index in [1.165, 1.54) is 5.56 Å². The van der Waals surface area contributed by atoms with Crippen LogP contribution in [0, 0.1) is 0 Å². The number of hydrogen-bond acceptors (Lipinski definition) is 3. The molecule has 164 valence electrons. The number of aryl methyl sites for hydroxylation is 1. The van der Waals surface area contributed by atoms with Crippen LogP contribution in [-0.4, -0.2) is 17.7 Å². The van der Waals surface area contributed by atoms with Gasteiger partial charge in [-0.3, -0.25) is 14.4 Å². The minimum absolute atomic E-state index is 0.116. The minimum Gasteiger partial charge on any atom is -0.348 e. The second-order valence-electron chi connectivity index (χ2n) is 7.13. The SMILES string of the molecule is CCc1ccc(CNC(=O)c2ccccc2NC(=O)C(=O)NCc2ccccc2Cl)cc1. The Hall–Kier alpha value is -3.64. The Morgan fingerprint density at radius 1 is 0.750 bits per heavy atom. The Labute approximate surface area is 192 Å². The van der Waals surface area contributed by atoms with Crippen LogP contribution in [0.3, 0.4) is 0 Å². The van der Waals surface area contributed by atoms with E-state index in [1.807, 2.05) is 24.3 Å². The Morgan fingerprint density at radius 3 is 2.12 bits per heavy atom. The first kappa shape index (κ1) is 23.0. The second-order valence-corrected chi connectivity index (χ2v) is 7.53. The summed E-state index contributed by atoms with van der Waals surface area (Å²) in [7, 11) is 0. The molecule has 3 aromatic rings. The molecule has 0 aliphatic heterocycles. The predicted octanol–water partition coefficient (Wildman–Crippen LogP) is 4.09. The van der Waals surface area contributed by atoms with Crippen molar-refractivity contribution >= 4 is 35.0 Å². The van der Waals surface area contributed by atoms with Crippen molar-refractivity contribution in [3.8, 4) is 0 Å². The average Bonchev–Trinajstić information content (AvgIpc) is 2.82. The van der Waals surface area contributed by atoms with Crippen LogP contribution >= 0.6 is 11.6 Å². The summed E-state index contributed by atoms with van der Waals surface area (Å²) < 4.78 is 0. The highest BCUT2D eigenvalue weighted by molar-refractivity contribution is 6.40. The van der Waals surface area contributed by atoms with Gasteiger partial charge < -0.3 is 16.0 Å². The van der Waals surface area contributed by atoms with Crippen molar-refractivity contribution in [3.05, 3.63) is 100 Å². The van der Waals surface area contributed by atoms with Gasteiger partial charge in [0, 0.05) is 18.1 Å². The smallest absolute Gasteiger partial charge is 0.313 e. The second kappa shape index (κ2) is 11.1. The zero-order valence-electron chi connectivity index (χ0n) is 17.7. The monoisotopic (exact) mass is 449 g/mol. The summed E-state index contributed by atoms with van der Waals surface area (Å²) in [5.41, 5.74) is 3.41. The van der Waals surface area contributed by atoms with Gasteiger partial charge in [-0.2, -0.15) is 0 Å². The maximum Gasteiger partial charge on any atom is 0.313 e. The molecule has 0 saturated heterocycles. The number of benzene rings is 3. The number of para-hydroxylation sites is 1. The van der Waals surface area contributed by atoms with Gasteiger partial charge in [0.25, 0.3) is 5.91 Å². The zero-order valence-corrected chi connectivity index (χ0v) is 18.4. The van der Waals surface area contributed by atoms with E-state index in [0.29, 0.717) is 17.1 Å². The number of carbonyl (C=O) groups excluding carboxylic acids is 3. The summed E-state index contributed by atoms with van der Waals surface area (Å²) in [5.74, 6) is -2.04. The molecule has 0 unspecified atom stereocenters. The third kappa shape index (κ3) is 6.18. The van der Waals surface area contributed by atoms with Gasteiger partial charge >= 0.3 is 11.8 Å². The lowest BCUT2D eigenvalue weighted by Crippen LogP contribution is -2.35. The Morgan fingerprint density at radius 2 is 1.41 bits per heavy atom. The van der Waals surface area contributed by atoms with Gasteiger partial charge in [0.05, 0.1) is 11.3 Å². The van der Waals surface area contributed by atoms with E-state index in [4.69, 9.17) is 11.6 Å². The Balaban J connectivity index is 1.59. The zero-order chi connectivity index (χ0) is 22.9. The van der Waals surface area contributed by atoms with Gasteiger partial charge in [-0.15, -0.1) is 0 Å². The van der Waals surface area contributed by atoms with Crippen LogP contribution in [0.4, 0.5) is 5.69 Å². The molecular formula is C25H24ClN3O3. The van der Waals surface area contributed by atoms with Gasteiger partial charge in [0.2, 0.25) is 0 Å². The van der Waals surface area contributed by atoms with Crippen LogP contribution in [0.2, 0.25) is 5.02 Å². The Kier molecular flexibility index (Phi) is 8.00. The number of halogens is 1. The fourth-order valence-electron chi connectivity index (χ4n) is 3.04. The molecule has 6 nitrogen and oxygen atoms in total. The molecule has 32 heavy (non-hydrogen) atoms. The maximum absolute atomic E-state index is 12.7. The third-order valence-corrected chi connectivity index (χ3v) is 5.28. The van der Waals surface area contributed by atoms with Gasteiger partial charge in [0.1, 0.15) is 0 Å². The van der Waals surface area contributed by atoms with Crippen molar-refractivity contribution in [3.63, 3.8) is 0 Å². The summed E-state index contributed by atoms with van der Waals surface area (Å²) in [5, 5.41) is 8.38. The highest BCUT2D eigenvalue weighted by atomic mass is 35.5. The van der Waals surface area contributed by atoms with Crippen molar-refractivity contribution in [2.75, 3.05) is 5.32 Å². The molecule has 3 N–H and O–H groups in total. The lowest BCUT2D eigenvalue weighted by molar-refractivity contribution is -0.136. The largest absolute Gasteiger partial charge is 0.348 e. The topological polar surface area (TPSA) is 87.3 Å². The van der Waals surface area contributed by atoms with Crippen molar-refractivity contribution in [1.29, 1.82) is 0 Å². The molecule has 0 aromatic heterocycles. The summed E-state index contributed by atoms with van der Waals surface area (Å²) in [6.45, 7) is 2.55. The Bertz CT molecular complexity index is 1110. The average molecular weight is 450 g/mol. The number of nitrogens with one attached hydrogen (secondary N) is 3. The fourth-order valence-corrected chi connectivity index (χ4v) is 3.24. The van der Waals surface area contributed by atoms with E-state index >= 15 is 0 Å². The molecule has 0 saturated carbocycles. The molecule has 0 aliphatic carbocycles. The van der Waals surface area contributed by atoms with Crippen LogP contribution < -0.4 is 16.0 Å². The van der Waals surface area contributed by atoms with E-state index < -0.39 is 11.8 Å². The molecule has 3 amide bonds. The summed E-state index contributed by atoms with van der Waals surface area (Å²) in [4.78, 5) is 37.2. The van der Waals surface area contributed by atoms with E-state index in [9.17, 15) is 14.4 Å². The molecule has 3 aromatic carbocycles.